The molecule has 0 saturated heterocycles. The normalized spacial score (nSPS) is 21.0. The zero-order chi connectivity index (χ0) is 18.5. The molecule has 2 atom stereocenters. The Hall–Kier alpha value is -2.33. The van der Waals surface area contributed by atoms with Crippen molar-refractivity contribution in [2.45, 2.75) is 32.5 Å². The minimum absolute atomic E-state index is 0.0402. The summed E-state index contributed by atoms with van der Waals surface area (Å²) < 4.78 is 7.39. The van der Waals surface area contributed by atoms with E-state index in [1.807, 2.05) is 6.07 Å². The topological polar surface area (TPSA) is 24.8 Å². The molecule has 3 aromatic rings. The number of benzene rings is 3. The molecule has 2 heterocycles. The third-order valence-corrected chi connectivity index (χ3v) is 5.93. The summed E-state index contributed by atoms with van der Waals surface area (Å²) in [5, 5.41) is 9.71. The lowest BCUT2D eigenvalue weighted by atomic mass is 9.94. The van der Waals surface area contributed by atoms with E-state index in [1.54, 1.807) is 0 Å². The third kappa shape index (κ3) is 2.83. The van der Waals surface area contributed by atoms with Crippen LogP contribution in [0.1, 0.15) is 37.4 Å². The maximum absolute atomic E-state index is 6.31. The van der Waals surface area contributed by atoms with E-state index in [1.165, 1.54) is 21.9 Å². The van der Waals surface area contributed by atoms with Crippen LogP contribution in [0.25, 0.3) is 10.8 Å². The highest BCUT2D eigenvalue weighted by atomic mass is 79.9. The molecule has 2 aliphatic rings. The van der Waals surface area contributed by atoms with Gasteiger partial charge in [0.25, 0.3) is 0 Å². The number of halogens is 1. The molecule has 27 heavy (non-hydrogen) atoms. The number of nitrogens with zero attached hydrogens (tertiary/aromatic N) is 2. The van der Waals surface area contributed by atoms with Crippen LogP contribution in [-0.4, -0.2) is 16.9 Å². The lowest BCUT2D eigenvalue weighted by molar-refractivity contribution is -0.0461. The zero-order valence-corrected chi connectivity index (χ0v) is 17.0. The minimum atomic E-state index is -0.0402. The van der Waals surface area contributed by atoms with Crippen molar-refractivity contribution in [1.82, 2.24) is 5.01 Å². The molecule has 0 amide bonds. The van der Waals surface area contributed by atoms with Gasteiger partial charge in [0.05, 0.1) is 11.8 Å². The molecule has 0 aromatic heterocycles. The van der Waals surface area contributed by atoms with Crippen molar-refractivity contribution in [3.8, 4) is 5.75 Å². The fourth-order valence-corrected chi connectivity index (χ4v) is 4.45. The van der Waals surface area contributed by atoms with Gasteiger partial charge in [-0.05, 0) is 40.6 Å². The second-order valence-electron chi connectivity index (χ2n) is 7.64. The van der Waals surface area contributed by atoms with Crippen LogP contribution in [0.4, 0.5) is 0 Å². The summed E-state index contributed by atoms with van der Waals surface area (Å²) in [6.07, 6.45) is 0.857. The largest absolute Gasteiger partial charge is 0.468 e. The van der Waals surface area contributed by atoms with Crippen molar-refractivity contribution in [2.75, 3.05) is 0 Å². The van der Waals surface area contributed by atoms with Gasteiger partial charge in [0.2, 0.25) is 0 Å². The maximum Gasteiger partial charge on any atom is 0.190 e. The van der Waals surface area contributed by atoms with Gasteiger partial charge in [-0.25, -0.2) is 5.01 Å². The van der Waals surface area contributed by atoms with Crippen molar-refractivity contribution in [2.24, 2.45) is 11.0 Å². The molecule has 0 N–H and O–H groups in total. The van der Waals surface area contributed by atoms with Crippen LogP contribution in [0.5, 0.6) is 5.75 Å². The van der Waals surface area contributed by atoms with E-state index < -0.39 is 0 Å². The SMILES string of the molecule is CC(C)[C@H]1Oc2ccc(Br)cc2[C@@H]2CC(c3ccc4ccccc4c3)=NN12. The first-order valence-corrected chi connectivity index (χ1v) is 10.2. The smallest absolute Gasteiger partial charge is 0.190 e. The molecule has 3 aromatic carbocycles. The molecule has 136 valence electrons. The Bertz CT molecular complexity index is 1060. The average Bonchev–Trinajstić information content (AvgIpc) is 3.12. The predicted octanol–water partition coefficient (Wildman–Crippen LogP) is 6.13. The van der Waals surface area contributed by atoms with Gasteiger partial charge in [0.1, 0.15) is 5.75 Å². The molecule has 0 aliphatic carbocycles. The molecule has 4 heteroatoms. The Morgan fingerprint density at radius 3 is 2.67 bits per heavy atom. The van der Waals surface area contributed by atoms with Crippen LogP contribution in [-0.2, 0) is 0 Å². The second-order valence-corrected chi connectivity index (χ2v) is 8.56. The average molecular weight is 421 g/mol. The highest BCUT2D eigenvalue weighted by molar-refractivity contribution is 9.10. The molecule has 0 spiro atoms. The molecule has 5 rings (SSSR count). The summed E-state index contributed by atoms with van der Waals surface area (Å²) in [4.78, 5) is 0. The fraction of sp³-hybridized carbons (Fsp3) is 0.261. The molecule has 3 nitrogen and oxygen atoms in total. The lowest BCUT2D eigenvalue weighted by Crippen LogP contribution is -2.43. The minimum Gasteiger partial charge on any atom is -0.468 e. The number of rotatable bonds is 2. The van der Waals surface area contributed by atoms with E-state index in [2.05, 4.69) is 89.4 Å². The maximum atomic E-state index is 6.31. The van der Waals surface area contributed by atoms with Crippen molar-refractivity contribution in [3.05, 3.63) is 76.3 Å². The standard InChI is InChI=1S/C23H21BrN2O/c1-14(2)23-26-21(19-12-18(24)9-10-22(19)27-23)13-20(25-26)17-8-7-15-5-3-4-6-16(15)11-17/h3-12,14,21,23H,13H2,1-2H3/t21-,23+/m0/s1. The van der Waals surface area contributed by atoms with E-state index in [4.69, 9.17) is 9.84 Å². The van der Waals surface area contributed by atoms with Gasteiger partial charge in [-0.2, -0.15) is 5.10 Å². The highest BCUT2D eigenvalue weighted by Gasteiger charge is 2.41. The first kappa shape index (κ1) is 16.8. The Labute approximate surface area is 167 Å². The first-order chi connectivity index (χ1) is 13.1. The fourth-order valence-electron chi connectivity index (χ4n) is 4.07. The number of hydrogen-bond acceptors (Lipinski definition) is 3. The summed E-state index contributed by atoms with van der Waals surface area (Å²) in [5.41, 5.74) is 3.54. The van der Waals surface area contributed by atoms with Gasteiger partial charge >= 0.3 is 0 Å². The summed E-state index contributed by atoms with van der Waals surface area (Å²) in [7, 11) is 0. The van der Waals surface area contributed by atoms with Crippen LogP contribution in [0.2, 0.25) is 0 Å². The Balaban J connectivity index is 1.58. The van der Waals surface area contributed by atoms with Gasteiger partial charge in [-0.1, -0.05) is 66.2 Å². The Morgan fingerprint density at radius 1 is 1.04 bits per heavy atom. The number of fused-ring (bicyclic) bond motifs is 4. The van der Waals surface area contributed by atoms with Crippen LogP contribution >= 0.6 is 15.9 Å². The quantitative estimate of drug-likeness (QED) is 0.498. The zero-order valence-electron chi connectivity index (χ0n) is 15.4. The van der Waals surface area contributed by atoms with Crippen molar-refractivity contribution < 1.29 is 4.74 Å². The van der Waals surface area contributed by atoms with E-state index >= 15 is 0 Å². The Kier molecular flexibility index (Phi) is 3.97. The number of hydrazone groups is 1. The van der Waals surface area contributed by atoms with Crippen molar-refractivity contribution in [3.63, 3.8) is 0 Å². The summed E-state index contributed by atoms with van der Waals surface area (Å²) >= 11 is 3.61. The highest BCUT2D eigenvalue weighted by Crippen LogP contribution is 2.45. The molecule has 0 radical (unpaired) electrons. The van der Waals surface area contributed by atoms with Crippen LogP contribution in [0.3, 0.4) is 0 Å². The Morgan fingerprint density at radius 2 is 1.85 bits per heavy atom. The molecule has 0 bridgehead atoms. The van der Waals surface area contributed by atoms with E-state index in [0.29, 0.717) is 5.92 Å². The predicted molar refractivity (Wildman–Crippen MR) is 113 cm³/mol. The third-order valence-electron chi connectivity index (χ3n) is 5.43. The van der Waals surface area contributed by atoms with E-state index in [-0.39, 0.29) is 12.3 Å². The summed E-state index contributed by atoms with van der Waals surface area (Å²) in [6.45, 7) is 4.38. The molecule has 0 saturated carbocycles. The van der Waals surface area contributed by atoms with Crippen molar-refractivity contribution >= 4 is 32.4 Å². The number of hydrogen-bond donors (Lipinski definition) is 0. The molecule has 0 unspecified atom stereocenters. The monoisotopic (exact) mass is 420 g/mol. The van der Waals surface area contributed by atoms with Crippen LogP contribution < -0.4 is 4.74 Å². The van der Waals surface area contributed by atoms with Gasteiger partial charge in [0, 0.05) is 22.4 Å². The van der Waals surface area contributed by atoms with Crippen LogP contribution in [0.15, 0.2) is 70.2 Å². The summed E-state index contributed by atoms with van der Waals surface area (Å²) in [6, 6.07) is 21.6. The second kappa shape index (κ2) is 6.38. The molecule has 2 aliphatic heterocycles. The lowest BCUT2D eigenvalue weighted by Gasteiger charge is -2.40. The first-order valence-electron chi connectivity index (χ1n) is 9.41. The van der Waals surface area contributed by atoms with Gasteiger partial charge in [0.15, 0.2) is 6.23 Å². The van der Waals surface area contributed by atoms with Gasteiger partial charge in [-0.15, -0.1) is 0 Å². The van der Waals surface area contributed by atoms with E-state index in [0.717, 1.165) is 22.4 Å². The van der Waals surface area contributed by atoms with Crippen LogP contribution in [0, 0.1) is 5.92 Å². The van der Waals surface area contributed by atoms with Crippen molar-refractivity contribution in [1.29, 1.82) is 0 Å². The summed E-state index contributed by atoms with van der Waals surface area (Å²) in [5.74, 6) is 1.33. The van der Waals surface area contributed by atoms with E-state index in [9.17, 15) is 0 Å². The van der Waals surface area contributed by atoms with Gasteiger partial charge < -0.3 is 4.74 Å². The molecular formula is C23H21BrN2O. The van der Waals surface area contributed by atoms with Gasteiger partial charge in [-0.3, -0.25) is 0 Å². The molecular weight excluding hydrogens is 400 g/mol. The molecule has 0 fully saturated rings. The number of ether oxygens (including phenoxy) is 1.